The van der Waals surface area contributed by atoms with Gasteiger partial charge in [0.25, 0.3) is 0 Å². The van der Waals surface area contributed by atoms with Crippen LogP contribution in [0.5, 0.6) is 11.5 Å². The second-order valence-electron chi connectivity index (χ2n) is 7.86. The Morgan fingerprint density at radius 2 is 1.64 bits per heavy atom. The van der Waals surface area contributed by atoms with Crippen molar-refractivity contribution in [2.45, 2.75) is 37.4 Å². The maximum absolute atomic E-state index is 12.7. The first-order valence-corrected chi connectivity index (χ1v) is 12.7. The predicted octanol–water partition coefficient (Wildman–Crippen LogP) is 4.75. The highest BCUT2D eigenvalue weighted by atomic mass is 32.2. The van der Waals surface area contributed by atoms with Crippen LogP contribution in [0.25, 0.3) is 0 Å². The molecule has 3 rings (SSSR count). The molecule has 1 aromatic heterocycles. The minimum absolute atomic E-state index is 0.0345. The molecule has 0 aliphatic rings. The Bertz CT molecular complexity index is 1180. The number of ether oxygens (including phenoxy) is 3. The van der Waals surface area contributed by atoms with Crippen LogP contribution in [0.4, 0.5) is 14.6 Å². The topological polar surface area (TPSA) is 98.8 Å². The molecule has 194 valence electrons. The van der Waals surface area contributed by atoms with Crippen LogP contribution in [0, 0.1) is 0 Å². The maximum atomic E-state index is 12.7. The normalized spacial score (nSPS) is 12.4. The molecule has 0 spiro atoms. The van der Waals surface area contributed by atoms with Crippen LogP contribution in [-0.2, 0) is 21.3 Å². The lowest BCUT2D eigenvalue weighted by atomic mass is 10.1. The number of anilines is 1. The lowest BCUT2D eigenvalue weighted by molar-refractivity contribution is -0.0498. The zero-order chi connectivity index (χ0) is 26.0. The molecule has 0 aliphatic carbocycles. The molecule has 0 fully saturated rings. The van der Waals surface area contributed by atoms with E-state index >= 15 is 0 Å². The molecule has 1 atom stereocenters. The van der Waals surface area contributed by atoms with Crippen LogP contribution < -0.4 is 19.5 Å². The average molecular weight is 522 g/mol. The van der Waals surface area contributed by atoms with E-state index in [0.717, 1.165) is 17.5 Å². The lowest BCUT2D eigenvalue weighted by Gasteiger charge is -2.16. The number of hydrogen-bond acceptors (Lipinski definition) is 7. The van der Waals surface area contributed by atoms with Gasteiger partial charge >= 0.3 is 6.61 Å². The molecule has 36 heavy (non-hydrogen) atoms. The van der Waals surface area contributed by atoms with Crippen LogP contribution in [0.15, 0.2) is 71.8 Å². The number of nitrogens with zero attached hydrogens (tertiary/aromatic N) is 1. The first-order valence-electron chi connectivity index (χ1n) is 11.2. The Kier molecular flexibility index (Phi) is 9.97. The number of rotatable bonds is 14. The van der Waals surface area contributed by atoms with Gasteiger partial charge in [-0.15, -0.1) is 0 Å². The van der Waals surface area contributed by atoms with E-state index in [9.17, 15) is 17.2 Å². The van der Waals surface area contributed by atoms with Crippen molar-refractivity contribution in [3.8, 4) is 11.5 Å². The minimum atomic E-state index is -3.76. The van der Waals surface area contributed by atoms with E-state index in [1.807, 2.05) is 6.92 Å². The summed E-state index contributed by atoms with van der Waals surface area (Å²) >= 11 is 0. The van der Waals surface area contributed by atoms with E-state index in [0.29, 0.717) is 24.8 Å². The Balaban J connectivity index is 1.52. The quantitative estimate of drug-likeness (QED) is 0.296. The van der Waals surface area contributed by atoms with Gasteiger partial charge in [0.2, 0.25) is 10.0 Å². The number of nitrogens with one attached hydrogen (secondary N) is 2. The molecule has 0 radical (unpaired) electrons. The van der Waals surface area contributed by atoms with Crippen molar-refractivity contribution in [2.24, 2.45) is 0 Å². The average Bonchev–Trinajstić information content (AvgIpc) is 2.86. The van der Waals surface area contributed by atoms with E-state index < -0.39 is 16.6 Å². The third-order valence-corrected chi connectivity index (χ3v) is 6.55. The van der Waals surface area contributed by atoms with Crippen molar-refractivity contribution >= 4 is 15.8 Å². The third-order valence-electron chi connectivity index (χ3n) is 5.17. The largest absolute Gasteiger partial charge is 0.494 e. The Morgan fingerprint density at radius 3 is 2.25 bits per heavy atom. The Morgan fingerprint density at radius 1 is 0.944 bits per heavy atom. The molecule has 0 saturated heterocycles. The summed E-state index contributed by atoms with van der Waals surface area (Å²) < 4.78 is 67.4. The second kappa shape index (κ2) is 13.1. The summed E-state index contributed by atoms with van der Waals surface area (Å²) in [5, 5.41) is 3.15. The lowest BCUT2D eigenvalue weighted by Crippen LogP contribution is -2.23. The number of pyridine rings is 1. The summed E-state index contributed by atoms with van der Waals surface area (Å²) in [7, 11) is -2.12. The van der Waals surface area contributed by atoms with Crippen molar-refractivity contribution in [1.82, 2.24) is 9.71 Å². The molecule has 0 aliphatic heterocycles. The summed E-state index contributed by atoms with van der Waals surface area (Å²) in [4.78, 5) is 4.23. The molecule has 2 aromatic carbocycles. The first-order chi connectivity index (χ1) is 17.3. The van der Waals surface area contributed by atoms with Crippen LogP contribution in [0.3, 0.4) is 0 Å². The summed E-state index contributed by atoms with van der Waals surface area (Å²) in [6, 6.07) is 16.2. The number of sulfonamides is 1. The SMILES string of the molecule is COCCCOc1ccc(CNS(=O)(=O)c2ccc(N[C@@H](C)c3ccc(OC(F)F)cc3)nc2)cc1. The highest BCUT2D eigenvalue weighted by Crippen LogP contribution is 2.22. The van der Waals surface area contributed by atoms with E-state index in [1.165, 1.54) is 24.4 Å². The second-order valence-corrected chi connectivity index (χ2v) is 9.62. The Hall–Kier alpha value is -3.28. The molecule has 3 aromatic rings. The van der Waals surface area contributed by atoms with Crippen LogP contribution in [0.2, 0.25) is 0 Å². The van der Waals surface area contributed by atoms with Gasteiger partial charge in [-0.1, -0.05) is 24.3 Å². The third kappa shape index (κ3) is 8.43. The van der Waals surface area contributed by atoms with E-state index in [1.54, 1.807) is 49.6 Å². The van der Waals surface area contributed by atoms with Gasteiger partial charge in [0.05, 0.1) is 6.61 Å². The Labute approximate surface area is 209 Å². The molecule has 8 nitrogen and oxygen atoms in total. The first kappa shape index (κ1) is 27.3. The molecular weight excluding hydrogens is 492 g/mol. The fourth-order valence-electron chi connectivity index (χ4n) is 3.23. The summed E-state index contributed by atoms with van der Waals surface area (Å²) in [5.74, 6) is 1.25. The predicted molar refractivity (Wildman–Crippen MR) is 132 cm³/mol. The van der Waals surface area contributed by atoms with Gasteiger partial charge in [-0.2, -0.15) is 8.78 Å². The van der Waals surface area contributed by atoms with Crippen molar-refractivity contribution in [3.05, 3.63) is 78.0 Å². The molecule has 0 saturated carbocycles. The fourth-order valence-corrected chi connectivity index (χ4v) is 4.19. The van der Waals surface area contributed by atoms with Crippen LogP contribution >= 0.6 is 0 Å². The van der Waals surface area contributed by atoms with E-state index in [4.69, 9.17) is 9.47 Å². The molecular formula is C25H29F2N3O5S. The molecule has 1 heterocycles. The van der Waals surface area contributed by atoms with Gasteiger partial charge in [-0.3, -0.25) is 0 Å². The van der Waals surface area contributed by atoms with Gasteiger partial charge in [0.1, 0.15) is 22.2 Å². The number of alkyl halides is 2. The molecule has 0 unspecified atom stereocenters. The standard InChI is InChI=1S/C25H29F2N3O5S/c1-18(20-6-10-22(11-7-20)35-25(26)27)30-24-13-12-23(17-28-24)36(31,32)29-16-19-4-8-21(9-5-19)34-15-3-14-33-2/h4-13,17-18,25,29H,3,14-16H2,1-2H3,(H,28,30)/t18-/m0/s1. The van der Waals surface area contributed by atoms with Gasteiger partial charge < -0.3 is 19.5 Å². The number of hydrogen-bond donors (Lipinski definition) is 2. The zero-order valence-corrected chi connectivity index (χ0v) is 20.8. The number of halogens is 2. The van der Waals surface area contributed by atoms with Gasteiger partial charge in [-0.25, -0.2) is 18.1 Å². The molecule has 11 heteroatoms. The van der Waals surface area contributed by atoms with Crippen molar-refractivity contribution in [1.29, 1.82) is 0 Å². The molecule has 0 amide bonds. The zero-order valence-electron chi connectivity index (χ0n) is 20.0. The minimum Gasteiger partial charge on any atom is -0.494 e. The highest BCUT2D eigenvalue weighted by molar-refractivity contribution is 7.89. The van der Waals surface area contributed by atoms with Crippen LogP contribution in [-0.4, -0.2) is 40.3 Å². The monoisotopic (exact) mass is 521 g/mol. The number of benzene rings is 2. The van der Waals surface area contributed by atoms with Gasteiger partial charge in [0, 0.05) is 38.9 Å². The van der Waals surface area contributed by atoms with Crippen molar-refractivity contribution < 1.29 is 31.4 Å². The summed E-state index contributed by atoms with van der Waals surface area (Å²) in [6.07, 6.45) is 2.05. The van der Waals surface area contributed by atoms with Crippen molar-refractivity contribution in [2.75, 3.05) is 25.6 Å². The maximum Gasteiger partial charge on any atom is 0.387 e. The summed E-state index contributed by atoms with van der Waals surface area (Å²) in [5.41, 5.74) is 1.61. The smallest absolute Gasteiger partial charge is 0.387 e. The van der Waals surface area contributed by atoms with E-state index in [-0.39, 0.29) is 23.2 Å². The molecule has 2 N–H and O–H groups in total. The van der Waals surface area contributed by atoms with E-state index in [2.05, 4.69) is 19.8 Å². The van der Waals surface area contributed by atoms with Crippen LogP contribution in [0.1, 0.15) is 30.5 Å². The van der Waals surface area contributed by atoms with Gasteiger partial charge in [-0.05, 0) is 54.4 Å². The highest BCUT2D eigenvalue weighted by Gasteiger charge is 2.15. The number of methoxy groups -OCH3 is 1. The summed E-state index contributed by atoms with van der Waals surface area (Å²) in [6.45, 7) is 0.275. The van der Waals surface area contributed by atoms with Gasteiger partial charge in [0.15, 0.2) is 0 Å². The fraction of sp³-hybridized carbons (Fsp3) is 0.320. The van der Waals surface area contributed by atoms with Crippen molar-refractivity contribution in [3.63, 3.8) is 0 Å². The number of aromatic nitrogens is 1. The molecule has 0 bridgehead atoms.